The monoisotopic (exact) mass is 445 g/mol. The van der Waals surface area contributed by atoms with Gasteiger partial charge in [0, 0.05) is 10.9 Å². The number of thiazole rings is 1. The fraction of sp³-hybridized carbons (Fsp3) is 0.238. The molecule has 3 aromatic rings. The molecule has 0 amide bonds. The molecule has 6 heteroatoms. The highest BCUT2D eigenvalue weighted by atomic mass is 79.9. The molecule has 27 heavy (non-hydrogen) atoms. The first-order valence-corrected chi connectivity index (χ1v) is 10.4. The van der Waals surface area contributed by atoms with E-state index in [2.05, 4.69) is 46.0 Å². The molecule has 0 N–H and O–H groups in total. The number of rotatable bonds is 7. The molecule has 140 valence electrons. The Morgan fingerprint density at radius 2 is 1.89 bits per heavy atom. The molecule has 0 aliphatic rings. The van der Waals surface area contributed by atoms with E-state index in [1.807, 2.05) is 24.3 Å². The number of halogens is 1. The second kappa shape index (κ2) is 9.15. The van der Waals surface area contributed by atoms with Gasteiger partial charge in [-0.15, -0.1) is 11.3 Å². The second-order valence-corrected chi connectivity index (χ2v) is 7.56. The van der Waals surface area contributed by atoms with Crippen molar-refractivity contribution in [3.8, 4) is 16.9 Å². The molecular formula is C21H20BrNO3S. The van der Waals surface area contributed by atoms with Crippen LogP contribution >= 0.6 is 27.3 Å². The zero-order valence-corrected chi connectivity index (χ0v) is 17.6. The van der Waals surface area contributed by atoms with Gasteiger partial charge in [0.15, 0.2) is 5.69 Å². The maximum absolute atomic E-state index is 11.8. The highest BCUT2D eigenvalue weighted by Crippen LogP contribution is 2.38. The minimum absolute atomic E-state index is 0.286. The molecule has 0 saturated carbocycles. The van der Waals surface area contributed by atoms with E-state index in [4.69, 9.17) is 9.47 Å². The molecule has 0 bridgehead atoms. The lowest BCUT2D eigenvalue weighted by Gasteiger charge is -2.15. The Bertz CT molecular complexity index is 939. The molecule has 0 unspecified atom stereocenters. The fourth-order valence-corrected chi connectivity index (χ4v) is 3.92. The Hall–Kier alpha value is -2.18. The molecule has 0 fully saturated rings. The molecule has 1 aromatic heterocycles. The van der Waals surface area contributed by atoms with E-state index >= 15 is 0 Å². The Morgan fingerprint density at radius 3 is 2.67 bits per heavy atom. The van der Waals surface area contributed by atoms with Gasteiger partial charge in [-0.3, -0.25) is 0 Å². The van der Waals surface area contributed by atoms with Crippen molar-refractivity contribution in [2.45, 2.75) is 26.9 Å². The molecule has 0 radical (unpaired) electrons. The van der Waals surface area contributed by atoms with Crippen molar-refractivity contribution >= 4 is 33.2 Å². The van der Waals surface area contributed by atoms with Gasteiger partial charge in [-0.1, -0.05) is 43.3 Å². The predicted molar refractivity (Wildman–Crippen MR) is 111 cm³/mol. The third-order valence-corrected chi connectivity index (χ3v) is 5.48. The van der Waals surface area contributed by atoms with Gasteiger partial charge in [0.1, 0.15) is 17.4 Å². The standard InChI is InChI=1S/C21H20BrNO3S/c1-3-14-8-5-6-9-15(14)16-10-7-11-17(22)20(16)26-12-19-23-18(13-27-19)21(24)25-4-2/h5-11,13H,3-4,12H2,1-2H3. The van der Waals surface area contributed by atoms with Crippen LogP contribution in [-0.4, -0.2) is 17.6 Å². The maximum Gasteiger partial charge on any atom is 0.357 e. The summed E-state index contributed by atoms with van der Waals surface area (Å²) in [4.78, 5) is 16.1. The number of esters is 1. The first-order chi connectivity index (χ1) is 13.1. The Morgan fingerprint density at radius 1 is 1.11 bits per heavy atom. The lowest BCUT2D eigenvalue weighted by molar-refractivity contribution is 0.0520. The molecule has 0 aliphatic carbocycles. The first kappa shape index (κ1) is 19.6. The normalized spacial score (nSPS) is 10.6. The average Bonchev–Trinajstić information content (AvgIpc) is 3.16. The smallest absolute Gasteiger partial charge is 0.357 e. The second-order valence-electron chi connectivity index (χ2n) is 5.76. The van der Waals surface area contributed by atoms with Crippen LogP contribution in [0.2, 0.25) is 0 Å². The van der Waals surface area contributed by atoms with Crippen molar-refractivity contribution in [1.29, 1.82) is 0 Å². The topological polar surface area (TPSA) is 48.4 Å². The number of hydrogen-bond donors (Lipinski definition) is 0. The molecule has 0 aliphatic heterocycles. The molecule has 0 saturated heterocycles. The van der Waals surface area contributed by atoms with E-state index in [1.165, 1.54) is 16.9 Å². The summed E-state index contributed by atoms with van der Waals surface area (Å²) in [7, 11) is 0. The number of carbonyl (C=O) groups excluding carboxylic acids is 1. The van der Waals surface area contributed by atoms with Crippen molar-refractivity contribution in [1.82, 2.24) is 4.98 Å². The Balaban J connectivity index is 1.85. The quantitative estimate of drug-likeness (QED) is 0.425. The third kappa shape index (κ3) is 4.57. The minimum atomic E-state index is -0.404. The average molecular weight is 446 g/mol. The van der Waals surface area contributed by atoms with Crippen molar-refractivity contribution in [3.63, 3.8) is 0 Å². The van der Waals surface area contributed by atoms with Crippen molar-refractivity contribution in [2.24, 2.45) is 0 Å². The van der Waals surface area contributed by atoms with Crippen molar-refractivity contribution in [2.75, 3.05) is 6.61 Å². The number of benzene rings is 2. The van der Waals surface area contributed by atoms with Crippen LogP contribution in [-0.2, 0) is 17.8 Å². The van der Waals surface area contributed by atoms with E-state index in [1.54, 1.807) is 12.3 Å². The van der Waals surface area contributed by atoms with E-state index in [9.17, 15) is 4.79 Å². The van der Waals surface area contributed by atoms with Crippen LogP contribution in [0.3, 0.4) is 0 Å². The molecule has 2 aromatic carbocycles. The van der Waals surface area contributed by atoms with Gasteiger partial charge in [0.2, 0.25) is 0 Å². The number of para-hydroxylation sites is 1. The van der Waals surface area contributed by atoms with Gasteiger partial charge in [-0.05, 0) is 46.5 Å². The predicted octanol–water partition coefficient (Wildman–Crippen LogP) is 5.89. The molecule has 1 heterocycles. The summed E-state index contributed by atoms with van der Waals surface area (Å²) >= 11 is 4.98. The first-order valence-electron chi connectivity index (χ1n) is 8.75. The summed E-state index contributed by atoms with van der Waals surface area (Å²) in [5, 5.41) is 2.42. The fourth-order valence-electron chi connectivity index (χ4n) is 2.77. The van der Waals surface area contributed by atoms with Gasteiger partial charge >= 0.3 is 5.97 Å². The number of hydrogen-bond acceptors (Lipinski definition) is 5. The molecule has 0 atom stereocenters. The molecule has 3 rings (SSSR count). The van der Waals surface area contributed by atoms with E-state index in [-0.39, 0.29) is 6.61 Å². The van der Waals surface area contributed by atoms with Crippen LogP contribution in [0.5, 0.6) is 5.75 Å². The summed E-state index contributed by atoms with van der Waals surface area (Å²) in [6, 6.07) is 14.3. The lowest BCUT2D eigenvalue weighted by Crippen LogP contribution is -2.05. The van der Waals surface area contributed by atoms with Gasteiger partial charge in [-0.25, -0.2) is 9.78 Å². The Kier molecular flexibility index (Phi) is 6.63. The van der Waals surface area contributed by atoms with Crippen LogP contribution in [0, 0.1) is 0 Å². The van der Waals surface area contributed by atoms with E-state index in [0.717, 1.165) is 32.8 Å². The van der Waals surface area contributed by atoms with Crippen LogP contribution < -0.4 is 4.74 Å². The maximum atomic E-state index is 11.8. The number of nitrogens with zero attached hydrogens (tertiary/aromatic N) is 1. The number of aryl methyl sites for hydroxylation is 1. The van der Waals surface area contributed by atoms with Crippen LogP contribution in [0.1, 0.15) is 34.9 Å². The highest BCUT2D eigenvalue weighted by Gasteiger charge is 2.15. The number of aromatic nitrogens is 1. The van der Waals surface area contributed by atoms with Gasteiger partial charge < -0.3 is 9.47 Å². The summed E-state index contributed by atoms with van der Waals surface area (Å²) in [6.45, 7) is 4.54. The van der Waals surface area contributed by atoms with Crippen LogP contribution in [0.4, 0.5) is 0 Å². The van der Waals surface area contributed by atoms with Crippen molar-refractivity contribution in [3.05, 3.63) is 68.6 Å². The highest BCUT2D eigenvalue weighted by molar-refractivity contribution is 9.10. The van der Waals surface area contributed by atoms with E-state index in [0.29, 0.717) is 12.3 Å². The molecule has 4 nitrogen and oxygen atoms in total. The zero-order chi connectivity index (χ0) is 19.2. The van der Waals surface area contributed by atoms with Gasteiger partial charge in [0.25, 0.3) is 0 Å². The largest absolute Gasteiger partial charge is 0.485 e. The summed E-state index contributed by atoms with van der Waals surface area (Å²) in [6.07, 6.45) is 0.942. The SMILES string of the molecule is CCOC(=O)c1csc(COc2c(Br)cccc2-c2ccccc2CC)n1. The summed E-state index contributed by atoms with van der Waals surface area (Å²) in [5.74, 6) is 0.365. The van der Waals surface area contributed by atoms with Crippen LogP contribution in [0.15, 0.2) is 52.3 Å². The molecular weight excluding hydrogens is 426 g/mol. The summed E-state index contributed by atoms with van der Waals surface area (Å²) < 4.78 is 12.0. The lowest BCUT2D eigenvalue weighted by atomic mass is 9.97. The Labute approximate surface area is 171 Å². The molecule has 0 spiro atoms. The van der Waals surface area contributed by atoms with Crippen LogP contribution in [0.25, 0.3) is 11.1 Å². The van der Waals surface area contributed by atoms with E-state index < -0.39 is 5.97 Å². The van der Waals surface area contributed by atoms with Crippen molar-refractivity contribution < 1.29 is 14.3 Å². The number of ether oxygens (including phenoxy) is 2. The van der Waals surface area contributed by atoms with Gasteiger partial charge in [0.05, 0.1) is 11.1 Å². The minimum Gasteiger partial charge on any atom is -0.485 e. The summed E-state index contributed by atoms with van der Waals surface area (Å²) in [5.41, 5.74) is 3.77. The van der Waals surface area contributed by atoms with Gasteiger partial charge in [-0.2, -0.15) is 0 Å². The zero-order valence-electron chi connectivity index (χ0n) is 15.2. The number of carbonyl (C=O) groups is 1. The third-order valence-electron chi connectivity index (χ3n) is 4.03.